The maximum absolute atomic E-state index is 13.9. The van der Waals surface area contributed by atoms with E-state index in [0.29, 0.717) is 5.75 Å². The Bertz CT molecular complexity index is 1370. The van der Waals surface area contributed by atoms with E-state index in [9.17, 15) is 13.2 Å². The SMILES string of the molecule is CC(C)(C)OC(=O)CN(Cc1cccc(-c2ccccc2)c1)S(=O)(=O)c1ccc2c(c1)CCC(C)(C)O2. The molecule has 1 heterocycles. The molecule has 3 aromatic rings. The number of fused-ring (bicyclic) bond motifs is 1. The smallest absolute Gasteiger partial charge is 0.321 e. The molecule has 0 spiro atoms. The monoisotopic (exact) mass is 521 g/mol. The van der Waals surface area contributed by atoms with Crippen molar-refractivity contribution in [2.45, 2.75) is 70.1 Å². The number of hydrogen-bond donors (Lipinski definition) is 0. The minimum atomic E-state index is -4.01. The van der Waals surface area contributed by atoms with Crippen LogP contribution in [0, 0.1) is 0 Å². The molecule has 0 saturated heterocycles. The van der Waals surface area contributed by atoms with E-state index in [4.69, 9.17) is 9.47 Å². The van der Waals surface area contributed by atoms with Gasteiger partial charge in [0.25, 0.3) is 0 Å². The van der Waals surface area contributed by atoms with Crippen molar-refractivity contribution in [3.05, 3.63) is 83.9 Å². The summed E-state index contributed by atoms with van der Waals surface area (Å²) in [5.74, 6) is 0.0998. The van der Waals surface area contributed by atoms with Crippen LogP contribution in [0.1, 0.15) is 52.2 Å². The first-order valence-corrected chi connectivity index (χ1v) is 13.9. The largest absolute Gasteiger partial charge is 0.488 e. The normalized spacial score (nSPS) is 15.1. The highest BCUT2D eigenvalue weighted by molar-refractivity contribution is 7.89. The highest BCUT2D eigenvalue weighted by Crippen LogP contribution is 2.35. The third-order valence-corrected chi connectivity index (χ3v) is 7.96. The number of nitrogens with zero attached hydrogens (tertiary/aromatic N) is 1. The van der Waals surface area contributed by atoms with Crippen molar-refractivity contribution in [2.75, 3.05) is 6.54 Å². The number of sulfonamides is 1. The Morgan fingerprint density at radius 2 is 1.68 bits per heavy atom. The number of carbonyl (C=O) groups excluding carboxylic acids is 1. The van der Waals surface area contributed by atoms with Crippen LogP contribution in [0.5, 0.6) is 5.75 Å². The van der Waals surface area contributed by atoms with Gasteiger partial charge in [0, 0.05) is 6.54 Å². The second-order valence-electron chi connectivity index (χ2n) is 11.1. The fourth-order valence-corrected chi connectivity index (χ4v) is 5.80. The third-order valence-electron chi connectivity index (χ3n) is 6.17. The fourth-order valence-electron chi connectivity index (χ4n) is 4.37. The highest BCUT2D eigenvalue weighted by Gasteiger charge is 2.32. The number of esters is 1. The summed E-state index contributed by atoms with van der Waals surface area (Å²) in [5, 5.41) is 0. The Morgan fingerprint density at radius 3 is 2.38 bits per heavy atom. The van der Waals surface area contributed by atoms with Crippen molar-refractivity contribution in [3.8, 4) is 16.9 Å². The number of hydrogen-bond acceptors (Lipinski definition) is 5. The van der Waals surface area contributed by atoms with Crippen LogP contribution in [0.2, 0.25) is 0 Å². The lowest BCUT2D eigenvalue weighted by molar-refractivity contribution is -0.155. The van der Waals surface area contributed by atoms with Crippen molar-refractivity contribution in [3.63, 3.8) is 0 Å². The van der Waals surface area contributed by atoms with Crippen LogP contribution in [-0.4, -0.2) is 36.4 Å². The minimum absolute atomic E-state index is 0.0306. The Balaban J connectivity index is 1.67. The molecule has 37 heavy (non-hydrogen) atoms. The number of aryl methyl sites for hydroxylation is 1. The lowest BCUT2D eigenvalue weighted by atomic mass is 9.94. The fraction of sp³-hybridized carbons (Fsp3) is 0.367. The predicted octanol–water partition coefficient (Wildman–Crippen LogP) is 5.99. The summed E-state index contributed by atoms with van der Waals surface area (Å²) in [5.41, 5.74) is 2.61. The topological polar surface area (TPSA) is 72.9 Å². The molecule has 0 N–H and O–H groups in total. The van der Waals surface area contributed by atoms with Crippen LogP contribution in [-0.2, 0) is 32.5 Å². The van der Waals surface area contributed by atoms with Gasteiger partial charge in [0.15, 0.2) is 0 Å². The van der Waals surface area contributed by atoms with Crippen LogP contribution < -0.4 is 4.74 Å². The molecule has 6 nitrogen and oxygen atoms in total. The predicted molar refractivity (Wildman–Crippen MR) is 145 cm³/mol. The summed E-state index contributed by atoms with van der Waals surface area (Å²) in [4.78, 5) is 12.9. The maximum Gasteiger partial charge on any atom is 0.321 e. The second-order valence-corrected chi connectivity index (χ2v) is 13.0. The summed E-state index contributed by atoms with van der Waals surface area (Å²) < 4.78 is 40.5. The first-order chi connectivity index (χ1) is 17.3. The molecule has 0 aromatic heterocycles. The van der Waals surface area contributed by atoms with E-state index in [2.05, 4.69) is 0 Å². The van der Waals surface area contributed by atoms with Gasteiger partial charge < -0.3 is 9.47 Å². The molecule has 0 atom stereocenters. The molecule has 4 rings (SSSR count). The van der Waals surface area contributed by atoms with E-state index in [1.54, 1.807) is 39.0 Å². The summed E-state index contributed by atoms with van der Waals surface area (Å²) in [6, 6.07) is 22.5. The molecule has 0 amide bonds. The molecule has 0 unspecified atom stereocenters. The Morgan fingerprint density at radius 1 is 0.973 bits per heavy atom. The van der Waals surface area contributed by atoms with Crippen molar-refractivity contribution < 1.29 is 22.7 Å². The van der Waals surface area contributed by atoms with Gasteiger partial charge in [-0.05, 0) is 94.0 Å². The number of rotatable bonds is 7. The van der Waals surface area contributed by atoms with E-state index in [0.717, 1.165) is 35.1 Å². The molecule has 196 valence electrons. The molecular formula is C30H35NO5S. The molecule has 0 aliphatic carbocycles. The molecule has 7 heteroatoms. The van der Waals surface area contributed by atoms with Gasteiger partial charge in [-0.15, -0.1) is 0 Å². The maximum atomic E-state index is 13.9. The van der Waals surface area contributed by atoms with Crippen LogP contribution in [0.25, 0.3) is 11.1 Å². The summed E-state index contributed by atoms with van der Waals surface area (Å²) in [7, 11) is -4.01. The lowest BCUT2D eigenvalue weighted by Crippen LogP contribution is -2.38. The van der Waals surface area contributed by atoms with E-state index >= 15 is 0 Å². The zero-order chi connectivity index (χ0) is 26.8. The summed E-state index contributed by atoms with van der Waals surface area (Å²) in [6.45, 7) is 8.96. The molecule has 3 aromatic carbocycles. The van der Waals surface area contributed by atoms with Crippen LogP contribution in [0.4, 0.5) is 0 Å². The van der Waals surface area contributed by atoms with Crippen molar-refractivity contribution in [2.24, 2.45) is 0 Å². The van der Waals surface area contributed by atoms with Gasteiger partial charge in [-0.25, -0.2) is 8.42 Å². The zero-order valence-electron chi connectivity index (χ0n) is 22.2. The quantitative estimate of drug-likeness (QED) is 0.357. The van der Waals surface area contributed by atoms with Crippen LogP contribution in [0.3, 0.4) is 0 Å². The first kappa shape index (κ1) is 26.9. The summed E-state index contributed by atoms with van der Waals surface area (Å²) in [6.07, 6.45) is 1.51. The van der Waals surface area contributed by atoms with Gasteiger partial charge in [0.05, 0.1) is 4.90 Å². The minimum Gasteiger partial charge on any atom is -0.488 e. The average molecular weight is 522 g/mol. The van der Waals surface area contributed by atoms with E-state index < -0.39 is 28.1 Å². The van der Waals surface area contributed by atoms with E-state index in [1.165, 1.54) is 4.31 Å². The van der Waals surface area contributed by atoms with Gasteiger partial charge in [-0.3, -0.25) is 4.79 Å². The summed E-state index contributed by atoms with van der Waals surface area (Å²) >= 11 is 0. The van der Waals surface area contributed by atoms with Crippen molar-refractivity contribution in [1.29, 1.82) is 0 Å². The Hall–Kier alpha value is -3.16. The van der Waals surface area contributed by atoms with E-state index in [-0.39, 0.29) is 17.0 Å². The van der Waals surface area contributed by atoms with Gasteiger partial charge >= 0.3 is 5.97 Å². The molecular weight excluding hydrogens is 486 g/mol. The van der Waals surface area contributed by atoms with E-state index in [1.807, 2.05) is 68.4 Å². The van der Waals surface area contributed by atoms with Crippen molar-refractivity contribution in [1.82, 2.24) is 4.31 Å². The standard InChI is InChI=1S/C30H35NO5S/c1-29(2,3)36-28(32)21-31(20-22-10-9-13-24(18-22)23-11-7-6-8-12-23)37(33,34)26-14-15-27-25(19-26)16-17-30(4,5)35-27/h6-15,18-19H,16-17,20-21H2,1-5H3. The van der Waals surface area contributed by atoms with Crippen LogP contribution >= 0.6 is 0 Å². The van der Waals surface area contributed by atoms with Gasteiger partial charge in [0.2, 0.25) is 10.0 Å². The van der Waals surface area contributed by atoms with Crippen LogP contribution in [0.15, 0.2) is 77.7 Å². The van der Waals surface area contributed by atoms with Gasteiger partial charge in [-0.1, -0.05) is 48.5 Å². The molecule has 0 fully saturated rings. The lowest BCUT2D eigenvalue weighted by Gasteiger charge is -2.33. The molecule has 0 bridgehead atoms. The highest BCUT2D eigenvalue weighted by atomic mass is 32.2. The molecule has 0 radical (unpaired) electrons. The first-order valence-electron chi connectivity index (χ1n) is 12.5. The third kappa shape index (κ3) is 6.79. The molecule has 1 aliphatic heterocycles. The van der Waals surface area contributed by atoms with Gasteiger partial charge in [-0.2, -0.15) is 4.31 Å². The Labute approximate surface area is 220 Å². The number of carbonyl (C=O) groups is 1. The Kier molecular flexibility index (Phi) is 7.49. The second kappa shape index (κ2) is 10.3. The average Bonchev–Trinajstić information content (AvgIpc) is 2.82. The molecule has 0 saturated carbocycles. The zero-order valence-corrected chi connectivity index (χ0v) is 23.0. The van der Waals surface area contributed by atoms with Gasteiger partial charge in [0.1, 0.15) is 23.5 Å². The number of benzene rings is 3. The molecule has 1 aliphatic rings. The van der Waals surface area contributed by atoms with Crippen molar-refractivity contribution >= 4 is 16.0 Å². The number of ether oxygens (including phenoxy) is 2.